The van der Waals surface area contributed by atoms with Gasteiger partial charge in [0, 0.05) is 42.7 Å². The van der Waals surface area contributed by atoms with Crippen LogP contribution in [0.3, 0.4) is 0 Å². The molecule has 4 rings (SSSR count). The van der Waals surface area contributed by atoms with Gasteiger partial charge in [-0.3, -0.25) is 14.4 Å². The predicted molar refractivity (Wildman–Crippen MR) is 152 cm³/mol. The highest BCUT2D eigenvalue weighted by atomic mass is 35.5. The van der Waals surface area contributed by atoms with Crippen LogP contribution in [0.5, 0.6) is 0 Å². The molecular formula is C30H22Cl3F6NO4. The lowest BCUT2D eigenvalue weighted by Gasteiger charge is -2.13. The summed E-state index contributed by atoms with van der Waals surface area (Å²) in [5, 5.41) is 2.42. The summed E-state index contributed by atoms with van der Waals surface area (Å²) in [5.74, 6) is -7.97. The van der Waals surface area contributed by atoms with Gasteiger partial charge in [-0.25, -0.2) is 13.2 Å². The number of ketones is 2. The molecule has 0 saturated heterocycles. The van der Waals surface area contributed by atoms with E-state index in [-0.39, 0.29) is 27.4 Å². The van der Waals surface area contributed by atoms with Crippen LogP contribution in [0.4, 0.5) is 32.0 Å². The Morgan fingerprint density at radius 3 is 2.27 bits per heavy atom. The van der Waals surface area contributed by atoms with E-state index in [4.69, 9.17) is 39.5 Å². The molecule has 1 fully saturated rings. The summed E-state index contributed by atoms with van der Waals surface area (Å²) in [4.78, 5) is 38.3. The fourth-order valence-electron chi connectivity index (χ4n) is 4.72. The smallest absolute Gasteiger partial charge is 0.374 e. The van der Waals surface area contributed by atoms with E-state index in [1.165, 1.54) is 32.2 Å². The Morgan fingerprint density at radius 1 is 0.977 bits per heavy atom. The van der Waals surface area contributed by atoms with E-state index in [1.54, 1.807) is 0 Å². The van der Waals surface area contributed by atoms with Gasteiger partial charge in [0.15, 0.2) is 11.6 Å². The second-order valence-corrected chi connectivity index (χ2v) is 12.0. The Kier molecular flexibility index (Phi) is 9.75. The van der Waals surface area contributed by atoms with Crippen molar-refractivity contribution in [3.05, 3.63) is 98.8 Å². The van der Waals surface area contributed by atoms with Gasteiger partial charge in [0.2, 0.25) is 5.91 Å². The summed E-state index contributed by atoms with van der Waals surface area (Å²) in [6, 6.07) is 7.98. The Bertz CT molecular complexity index is 1650. The summed E-state index contributed by atoms with van der Waals surface area (Å²) in [6.45, 7) is 1.43. The van der Waals surface area contributed by atoms with Gasteiger partial charge in [0.25, 0.3) is 0 Å². The molecule has 1 amide bonds. The second kappa shape index (κ2) is 12.7. The molecular weight excluding hydrogens is 659 g/mol. The van der Waals surface area contributed by atoms with Crippen molar-refractivity contribution in [3.63, 3.8) is 0 Å². The quantitative estimate of drug-likeness (QED) is 0.134. The van der Waals surface area contributed by atoms with Crippen LogP contribution < -0.4 is 5.32 Å². The number of carbonyl (C=O) groups excluding carboxylic acids is 3. The molecule has 0 aliphatic heterocycles. The van der Waals surface area contributed by atoms with Gasteiger partial charge in [-0.15, -0.1) is 23.2 Å². The molecule has 3 aromatic rings. The molecule has 0 bridgehead atoms. The average Bonchev–Trinajstić information content (AvgIpc) is 3.54. The molecule has 3 aromatic carbocycles. The lowest BCUT2D eigenvalue weighted by atomic mass is 9.97. The lowest BCUT2D eigenvalue weighted by Crippen LogP contribution is -2.22. The first-order valence-electron chi connectivity index (χ1n) is 12.9. The van der Waals surface area contributed by atoms with E-state index < -0.39 is 87.3 Å². The molecule has 1 aliphatic rings. The van der Waals surface area contributed by atoms with Crippen molar-refractivity contribution >= 4 is 58.0 Å². The number of methoxy groups -OCH3 is 1. The number of rotatable bonds is 10. The summed E-state index contributed by atoms with van der Waals surface area (Å²) in [6.07, 6.45) is -7.07. The van der Waals surface area contributed by atoms with Crippen LogP contribution in [0, 0.1) is 23.4 Å². The van der Waals surface area contributed by atoms with Gasteiger partial charge >= 0.3 is 6.18 Å². The van der Waals surface area contributed by atoms with Crippen LogP contribution in [0.1, 0.15) is 45.5 Å². The van der Waals surface area contributed by atoms with Crippen molar-refractivity contribution in [2.24, 2.45) is 5.92 Å². The van der Waals surface area contributed by atoms with Crippen LogP contribution in [-0.2, 0) is 33.3 Å². The molecule has 0 unspecified atom stereocenters. The molecule has 14 heteroatoms. The first-order valence-corrected chi connectivity index (χ1v) is 14.0. The molecule has 1 N–H and O–H groups in total. The van der Waals surface area contributed by atoms with Gasteiger partial charge in [0.1, 0.15) is 27.9 Å². The normalized spacial score (nSPS) is 18.1. The number of anilines is 1. The van der Waals surface area contributed by atoms with Crippen LogP contribution in [-0.4, -0.2) is 35.0 Å². The van der Waals surface area contributed by atoms with E-state index in [9.17, 15) is 36.3 Å². The molecule has 44 heavy (non-hydrogen) atoms. The first-order chi connectivity index (χ1) is 20.5. The number of Topliss-reactive ketones (excluding diaryl/α,β-unsaturated/α-hetero) is 2. The van der Waals surface area contributed by atoms with E-state index in [0.717, 1.165) is 18.2 Å². The van der Waals surface area contributed by atoms with E-state index >= 15 is 4.39 Å². The third kappa shape index (κ3) is 6.91. The maximum Gasteiger partial charge on any atom is 0.419 e. The number of carbonyl (C=O) groups is 3. The van der Waals surface area contributed by atoms with E-state index in [1.807, 2.05) is 0 Å². The largest absolute Gasteiger partial charge is 0.419 e. The third-order valence-corrected chi connectivity index (χ3v) is 8.57. The number of hydrogen-bond donors (Lipinski definition) is 1. The van der Waals surface area contributed by atoms with Gasteiger partial charge in [-0.05, 0) is 54.4 Å². The van der Waals surface area contributed by atoms with Crippen molar-refractivity contribution in [1.29, 1.82) is 0 Å². The minimum atomic E-state index is -4.99. The van der Waals surface area contributed by atoms with Gasteiger partial charge < -0.3 is 10.1 Å². The summed E-state index contributed by atoms with van der Waals surface area (Å²) < 4.78 is 85.9. The number of halogens is 9. The first kappa shape index (κ1) is 33.8. The standard InChI is InChI=1S/C30H22Cl3F6NO4/c1-13(44-2)23(41)12-18-21(34)7-4-15(27(18)36)10-24(42)17-11-16(5-6-20(17)31)40-28(43)26-25(29(26,32)33)14-3-8-22(35)19(9-14)30(37,38)39/h3-9,11,13,25-26H,10,12H2,1-2H3,(H,40,43)/t13-,25-,26+/m0/s1. The molecule has 5 nitrogen and oxygen atoms in total. The summed E-state index contributed by atoms with van der Waals surface area (Å²) in [5.41, 5.74) is -2.47. The Labute approximate surface area is 262 Å². The Balaban J connectivity index is 1.52. The molecule has 1 aliphatic carbocycles. The highest BCUT2D eigenvalue weighted by Gasteiger charge is 2.67. The van der Waals surface area contributed by atoms with Crippen molar-refractivity contribution in [3.8, 4) is 0 Å². The predicted octanol–water partition coefficient (Wildman–Crippen LogP) is 7.87. The zero-order valence-corrected chi connectivity index (χ0v) is 25.1. The Morgan fingerprint density at radius 2 is 1.64 bits per heavy atom. The number of alkyl halides is 5. The molecule has 0 heterocycles. The lowest BCUT2D eigenvalue weighted by molar-refractivity contribution is -0.140. The number of ether oxygens (including phenoxy) is 1. The maximum atomic E-state index is 15.2. The molecule has 0 radical (unpaired) electrons. The topological polar surface area (TPSA) is 72.5 Å². The molecule has 0 aromatic heterocycles. The van der Waals surface area contributed by atoms with Crippen molar-refractivity contribution < 1.29 is 45.5 Å². The summed E-state index contributed by atoms with van der Waals surface area (Å²) >= 11 is 18.7. The fraction of sp³-hybridized carbons (Fsp3) is 0.300. The second-order valence-electron chi connectivity index (χ2n) is 10.2. The van der Waals surface area contributed by atoms with E-state index in [0.29, 0.717) is 12.1 Å². The zero-order chi connectivity index (χ0) is 32.7. The van der Waals surface area contributed by atoms with Gasteiger partial charge in [-0.2, -0.15) is 13.2 Å². The number of nitrogens with one attached hydrogen (secondary N) is 1. The SMILES string of the molecule is CO[C@@H](C)C(=O)Cc1c(F)ccc(CC(=O)c2cc(NC(=O)[C@H]3[C@H](c4ccc(F)c(C(F)(F)F)c4)C3(Cl)Cl)ccc2Cl)c1F. The third-order valence-electron chi connectivity index (χ3n) is 7.30. The maximum absolute atomic E-state index is 15.2. The Hall–Kier alpha value is -3.12. The molecule has 234 valence electrons. The van der Waals surface area contributed by atoms with Crippen molar-refractivity contribution in [1.82, 2.24) is 0 Å². The fourth-order valence-corrected chi connectivity index (χ4v) is 5.77. The summed E-state index contributed by atoms with van der Waals surface area (Å²) in [7, 11) is 1.27. The van der Waals surface area contributed by atoms with Crippen LogP contribution in [0.2, 0.25) is 5.02 Å². The van der Waals surface area contributed by atoms with Crippen LogP contribution in [0.25, 0.3) is 0 Å². The molecule has 3 atom stereocenters. The van der Waals surface area contributed by atoms with E-state index in [2.05, 4.69) is 5.32 Å². The number of benzene rings is 3. The van der Waals surface area contributed by atoms with Crippen molar-refractivity contribution in [2.45, 2.75) is 42.3 Å². The number of amides is 1. The molecule has 1 saturated carbocycles. The molecule has 0 spiro atoms. The highest BCUT2D eigenvalue weighted by Crippen LogP contribution is 2.65. The van der Waals surface area contributed by atoms with Crippen molar-refractivity contribution in [2.75, 3.05) is 12.4 Å². The minimum Gasteiger partial charge on any atom is -0.374 e. The van der Waals surface area contributed by atoms with Gasteiger partial charge in [-0.1, -0.05) is 23.7 Å². The minimum absolute atomic E-state index is 0.0343. The average molecular weight is 681 g/mol. The number of hydrogen-bond acceptors (Lipinski definition) is 4. The van der Waals surface area contributed by atoms with Crippen LogP contribution in [0.15, 0.2) is 48.5 Å². The van der Waals surface area contributed by atoms with Gasteiger partial charge in [0.05, 0.1) is 16.5 Å². The van der Waals surface area contributed by atoms with Crippen LogP contribution >= 0.6 is 34.8 Å². The zero-order valence-electron chi connectivity index (χ0n) is 22.8. The highest BCUT2D eigenvalue weighted by molar-refractivity contribution is 6.53. The monoisotopic (exact) mass is 679 g/mol.